The van der Waals surface area contributed by atoms with Gasteiger partial charge in [-0.25, -0.2) is 0 Å². The van der Waals surface area contributed by atoms with Crippen LogP contribution in [-0.4, -0.2) is 5.78 Å². The van der Waals surface area contributed by atoms with Crippen LogP contribution in [0.5, 0.6) is 0 Å². The van der Waals surface area contributed by atoms with Gasteiger partial charge in [0.1, 0.15) is 6.07 Å². The molecule has 0 amide bonds. The van der Waals surface area contributed by atoms with E-state index in [4.69, 9.17) is 5.26 Å². The van der Waals surface area contributed by atoms with E-state index in [1.54, 1.807) is 6.07 Å². The zero-order chi connectivity index (χ0) is 7.78. The molecule has 2 nitrogen and oxygen atoms in total. The van der Waals surface area contributed by atoms with Gasteiger partial charge in [-0.15, -0.1) is 0 Å². The highest BCUT2D eigenvalue weighted by Crippen LogP contribution is 2.52. The van der Waals surface area contributed by atoms with Crippen LogP contribution < -0.4 is 0 Å². The third-order valence-corrected chi connectivity index (χ3v) is 2.45. The molecule has 0 bridgehead atoms. The monoisotopic (exact) mass is 137 g/mol. The summed E-state index contributed by atoms with van der Waals surface area (Å²) in [6.45, 7) is 4.00. The Bertz CT molecular complexity index is 196. The molecule has 0 unspecified atom stereocenters. The van der Waals surface area contributed by atoms with Crippen molar-refractivity contribution >= 4 is 5.78 Å². The number of nitrogens with zero attached hydrogens (tertiary/aromatic N) is 1. The Morgan fingerprint density at radius 3 is 2.20 bits per heavy atom. The standard InChI is InChI=1S/C8H11NO/c1-6(2)8(3-4-8)7(10)5-9/h6H,3-4H2,1-2H3. The number of rotatable bonds is 2. The molecule has 54 valence electrons. The topological polar surface area (TPSA) is 40.9 Å². The van der Waals surface area contributed by atoms with Crippen molar-refractivity contribution in [3.63, 3.8) is 0 Å². The molecule has 0 aromatic carbocycles. The Morgan fingerprint density at radius 2 is 2.10 bits per heavy atom. The van der Waals surface area contributed by atoms with E-state index in [1.165, 1.54) is 0 Å². The van der Waals surface area contributed by atoms with Gasteiger partial charge >= 0.3 is 0 Å². The minimum atomic E-state index is -0.241. The van der Waals surface area contributed by atoms with Gasteiger partial charge in [0.15, 0.2) is 0 Å². The molecule has 0 atom stereocenters. The highest BCUT2D eigenvalue weighted by atomic mass is 16.1. The molecule has 1 fully saturated rings. The van der Waals surface area contributed by atoms with Gasteiger partial charge in [-0.2, -0.15) is 5.26 Å². The number of hydrogen-bond acceptors (Lipinski definition) is 2. The minimum absolute atomic E-state index is 0.220. The predicted octanol–water partition coefficient (Wildman–Crippen LogP) is 1.52. The third-order valence-electron chi connectivity index (χ3n) is 2.45. The van der Waals surface area contributed by atoms with Gasteiger partial charge < -0.3 is 0 Å². The number of hydrogen-bond donors (Lipinski definition) is 0. The van der Waals surface area contributed by atoms with Crippen molar-refractivity contribution in [1.29, 1.82) is 5.26 Å². The van der Waals surface area contributed by atoms with Gasteiger partial charge in [-0.05, 0) is 18.8 Å². The van der Waals surface area contributed by atoms with Crippen molar-refractivity contribution in [2.24, 2.45) is 11.3 Å². The lowest BCUT2D eigenvalue weighted by atomic mass is 9.89. The zero-order valence-corrected chi connectivity index (χ0v) is 6.35. The molecule has 0 spiro atoms. The van der Waals surface area contributed by atoms with Crippen LogP contribution in [0.2, 0.25) is 0 Å². The molecule has 1 saturated carbocycles. The second-order valence-corrected chi connectivity index (χ2v) is 3.25. The van der Waals surface area contributed by atoms with E-state index in [0.29, 0.717) is 5.92 Å². The molecular formula is C8H11NO. The van der Waals surface area contributed by atoms with E-state index < -0.39 is 0 Å². The van der Waals surface area contributed by atoms with Gasteiger partial charge in [0.05, 0.1) is 0 Å². The van der Waals surface area contributed by atoms with E-state index in [1.807, 2.05) is 13.8 Å². The second-order valence-electron chi connectivity index (χ2n) is 3.25. The maximum absolute atomic E-state index is 11.0. The van der Waals surface area contributed by atoms with Crippen LogP contribution in [0.25, 0.3) is 0 Å². The van der Waals surface area contributed by atoms with E-state index >= 15 is 0 Å². The highest BCUT2D eigenvalue weighted by Gasteiger charge is 2.51. The largest absolute Gasteiger partial charge is 0.282 e. The van der Waals surface area contributed by atoms with Crippen LogP contribution in [0, 0.1) is 22.7 Å². The van der Waals surface area contributed by atoms with Crippen molar-refractivity contribution in [3.8, 4) is 6.07 Å². The fraction of sp³-hybridized carbons (Fsp3) is 0.750. The summed E-state index contributed by atoms with van der Waals surface area (Å²) in [5.41, 5.74) is -0.241. The number of nitriles is 1. The maximum Gasteiger partial charge on any atom is 0.238 e. The Balaban J connectivity index is 2.72. The summed E-state index contributed by atoms with van der Waals surface area (Å²) < 4.78 is 0. The van der Waals surface area contributed by atoms with Gasteiger partial charge in [0.2, 0.25) is 5.78 Å². The highest BCUT2D eigenvalue weighted by molar-refractivity contribution is 6.00. The number of carbonyl (C=O) groups excluding carboxylic acids is 1. The molecule has 0 aromatic heterocycles. The van der Waals surface area contributed by atoms with E-state index in [2.05, 4.69) is 0 Å². The summed E-state index contributed by atoms with van der Waals surface area (Å²) in [7, 11) is 0. The van der Waals surface area contributed by atoms with Crippen LogP contribution in [0.1, 0.15) is 26.7 Å². The third kappa shape index (κ3) is 0.824. The average Bonchev–Trinajstić information content (AvgIpc) is 2.65. The first kappa shape index (κ1) is 7.27. The molecule has 0 N–H and O–H groups in total. The summed E-state index contributed by atoms with van der Waals surface area (Å²) in [4.78, 5) is 11.0. The molecule has 1 aliphatic carbocycles. The molecule has 2 heteroatoms. The summed E-state index contributed by atoms with van der Waals surface area (Å²) in [5, 5.41) is 8.36. The molecule has 0 radical (unpaired) electrons. The van der Waals surface area contributed by atoms with Crippen molar-refractivity contribution in [2.75, 3.05) is 0 Å². The van der Waals surface area contributed by atoms with Gasteiger partial charge in [0, 0.05) is 5.41 Å². The zero-order valence-electron chi connectivity index (χ0n) is 6.35. The van der Waals surface area contributed by atoms with Gasteiger partial charge in [-0.1, -0.05) is 13.8 Å². The van der Waals surface area contributed by atoms with E-state index in [-0.39, 0.29) is 11.2 Å². The van der Waals surface area contributed by atoms with Crippen molar-refractivity contribution in [3.05, 3.63) is 0 Å². The summed E-state index contributed by atoms with van der Waals surface area (Å²) in [6, 6.07) is 1.71. The smallest absolute Gasteiger partial charge is 0.238 e. The Labute approximate surface area is 60.8 Å². The van der Waals surface area contributed by atoms with Crippen molar-refractivity contribution in [1.82, 2.24) is 0 Å². The van der Waals surface area contributed by atoms with Crippen LogP contribution in [0.3, 0.4) is 0 Å². The quantitative estimate of drug-likeness (QED) is 0.541. The number of carbonyl (C=O) groups is 1. The fourth-order valence-electron chi connectivity index (χ4n) is 1.31. The van der Waals surface area contributed by atoms with E-state index in [0.717, 1.165) is 12.8 Å². The predicted molar refractivity (Wildman–Crippen MR) is 37.1 cm³/mol. The van der Waals surface area contributed by atoms with Crippen LogP contribution in [0.15, 0.2) is 0 Å². The molecule has 0 saturated heterocycles. The molecule has 0 aliphatic heterocycles. The molecule has 1 rings (SSSR count). The van der Waals surface area contributed by atoms with Crippen LogP contribution >= 0.6 is 0 Å². The lowest BCUT2D eigenvalue weighted by Crippen LogP contribution is -2.19. The van der Waals surface area contributed by atoms with Gasteiger partial charge in [-0.3, -0.25) is 4.79 Å². The summed E-state index contributed by atoms with van der Waals surface area (Å²) in [6.07, 6.45) is 1.83. The number of ketones is 1. The first-order valence-electron chi connectivity index (χ1n) is 3.58. The Kier molecular flexibility index (Phi) is 1.52. The van der Waals surface area contributed by atoms with Crippen molar-refractivity contribution in [2.45, 2.75) is 26.7 Å². The van der Waals surface area contributed by atoms with Crippen molar-refractivity contribution < 1.29 is 4.79 Å². The van der Waals surface area contributed by atoms with E-state index in [9.17, 15) is 4.79 Å². The summed E-state index contributed by atoms with van der Waals surface area (Å²) >= 11 is 0. The SMILES string of the molecule is CC(C)C1(C(=O)C#N)CC1. The lowest BCUT2D eigenvalue weighted by molar-refractivity contribution is -0.120. The maximum atomic E-state index is 11.0. The molecule has 10 heavy (non-hydrogen) atoms. The number of Topliss-reactive ketones (excluding diaryl/α,β-unsaturated/α-hetero) is 1. The average molecular weight is 137 g/mol. The normalized spacial score (nSPS) is 20.2. The Morgan fingerprint density at radius 1 is 1.60 bits per heavy atom. The fourth-order valence-corrected chi connectivity index (χ4v) is 1.31. The first-order chi connectivity index (χ1) is 4.63. The first-order valence-corrected chi connectivity index (χ1v) is 3.58. The molecule has 0 aromatic rings. The minimum Gasteiger partial charge on any atom is -0.282 e. The Hall–Kier alpha value is -0.840. The summed E-state index contributed by atoms with van der Waals surface area (Å²) in [5.74, 6) is 0.113. The molecule has 1 aliphatic rings. The second kappa shape index (κ2) is 2.09. The lowest BCUT2D eigenvalue weighted by Gasteiger charge is -2.12. The van der Waals surface area contributed by atoms with Crippen LogP contribution in [-0.2, 0) is 4.79 Å². The molecule has 0 heterocycles. The van der Waals surface area contributed by atoms with Crippen LogP contribution in [0.4, 0.5) is 0 Å². The molecular weight excluding hydrogens is 126 g/mol. The van der Waals surface area contributed by atoms with Gasteiger partial charge in [0.25, 0.3) is 0 Å².